The number of imidazole rings is 1. The molecule has 8 heterocycles. The van der Waals surface area contributed by atoms with Crippen LogP contribution in [0, 0.1) is 0 Å². The van der Waals surface area contributed by atoms with Crippen molar-refractivity contribution in [3.63, 3.8) is 0 Å². The van der Waals surface area contributed by atoms with Gasteiger partial charge < -0.3 is 64.1 Å². The van der Waals surface area contributed by atoms with Gasteiger partial charge in [0.05, 0.1) is 137 Å². The third-order valence-electron chi connectivity index (χ3n) is 17.4. The Hall–Kier alpha value is -11.7. The molecule has 0 radical (unpaired) electrons. The lowest BCUT2D eigenvalue weighted by atomic mass is 10.1. The Morgan fingerprint density at radius 2 is 0.853 bits per heavy atom. The van der Waals surface area contributed by atoms with Gasteiger partial charge in [-0.05, 0) is 94.4 Å². The van der Waals surface area contributed by atoms with Gasteiger partial charge >= 0.3 is 0 Å². The fraction of sp³-hybridized carbons (Fsp3) is 0.289. The number of nitrogens with one attached hydrogen (secondary N) is 2. The van der Waals surface area contributed by atoms with Gasteiger partial charge in [0.25, 0.3) is 0 Å². The van der Waals surface area contributed by atoms with Crippen LogP contribution in [0.4, 0.5) is 34.1 Å². The topological polar surface area (TPSA) is 266 Å². The Balaban J connectivity index is 0.000000145. The molecule has 7 aromatic heterocycles. The summed E-state index contributed by atoms with van der Waals surface area (Å²) >= 11 is 0. The number of fused-ring (bicyclic) bond motifs is 3. The molecule has 6 aromatic carbocycles. The van der Waals surface area contributed by atoms with E-state index < -0.39 is 0 Å². The fourth-order valence-electron chi connectivity index (χ4n) is 11.9. The van der Waals surface area contributed by atoms with E-state index in [0.717, 1.165) is 188 Å². The molecule has 0 amide bonds. The first-order chi connectivity index (χ1) is 49.8. The van der Waals surface area contributed by atoms with Crippen molar-refractivity contribution in [2.24, 2.45) is 19.8 Å². The predicted molar refractivity (Wildman–Crippen MR) is 399 cm³/mol. The number of methoxy groups -OCH3 is 6. The summed E-state index contributed by atoms with van der Waals surface area (Å²) in [5.41, 5.74) is 21.8. The van der Waals surface area contributed by atoms with Crippen LogP contribution in [0.1, 0.15) is 38.6 Å². The van der Waals surface area contributed by atoms with E-state index in [9.17, 15) is 0 Å². The molecule has 102 heavy (non-hydrogen) atoms. The smallest absolute Gasteiger partial charge is 0.126 e. The van der Waals surface area contributed by atoms with Crippen molar-refractivity contribution in [1.29, 1.82) is 0 Å². The first-order valence-corrected chi connectivity index (χ1v) is 33.7. The zero-order valence-corrected chi connectivity index (χ0v) is 59.2. The normalized spacial score (nSPS) is 12.2. The molecule has 1 aliphatic rings. The minimum absolute atomic E-state index is 0.287. The van der Waals surface area contributed by atoms with Crippen LogP contribution < -0.4 is 54.2 Å². The minimum Gasteiger partial charge on any atom is -0.497 e. The number of nitrogens with two attached hydrogens (primary N) is 1. The average Bonchev–Trinajstić information content (AvgIpc) is 1.07. The van der Waals surface area contributed by atoms with Gasteiger partial charge in [-0.3, -0.25) is 29.0 Å². The molecule has 0 bridgehead atoms. The fourth-order valence-corrected chi connectivity index (χ4v) is 11.9. The number of aromatic nitrogens is 14. The number of H-pyrrole nitrogens is 1. The summed E-state index contributed by atoms with van der Waals surface area (Å²) in [7, 11) is 13.7. The highest BCUT2D eigenvalue weighted by Gasteiger charge is 2.21. The molecule has 26 nitrogen and oxygen atoms in total. The molecule has 0 spiro atoms. The zero-order valence-electron chi connectivity index (χ0n) is 59.2. The molecule has 0 saturated carbocycles. The molecule has 13 aromatic rings. The molecule has 26 heteroatoms. The van der Waals surface area contributed by atoms with Crippen LogP contribution in [0.15, 0.2) is 177 Å². The molecule has 0 aliphatic carbocycles. The van der Waals surface area contributed by atoms with E-state index in [4.69, 9.17) is 49.1 Å². The van der Waals surface area contributed by atoms with Crippen LogP contribution in [0.25, 0.3) is 66.9 Å². The van der Waals surface area contributed by atoms with Crippen molar-refractivity contribution in [2.45, 2.75) is 39.3 Å². The molecule has 526 valence electrons. The Bertz CT molecular complexity index is 4850. The summed E-state index contributed by atoms with van der Waals surface area (Å²) in [4.78, 5) is 45.3. The van der Waals surface area contributed by atoms with Crippen LogP contribution in [0.3, 0.4) is 0 Å². The predicted octanol–water partition coefficient (Wildman–Crippen LogP) is 12.2. The van der Waals surface area contributed by atoms with Gasteiger partial charge in [0.1, 0.15) is 40.3 Å². The van der Waals surface area contributed by atoms with Crippen LogP contribution in [0.2, 0.25) is 0 Å². The Labute approximate surface area is 592 Å². The van der Waals surface area contributed by atoms with Crippen LogP contribution in [-0.4, -0.2) is 169 Å². The first kappa shape index (κ1) is 70.1. The van der Waals surface area contributed by atoms with E-state index in [1.807, 2.05) is 129 Å². The molecule has 4 N–H and O–H groups in total. The van der Waals surface area contributed by atoms with Gasteiger partial charge in [0, 0.05) is 196 Å². The molecule has 1 saturated heterocycles. The van der Waals surface area contributed by atoms with Crippen LogP contribution in [-0.2, 0) is 20.6 Å². The Morgan fingerprint density at radius 1 is 0.451 bits per heavy atom. The maximum absolute atomic E-state index is 5.84. The lowest BCUT2D eigenvalue weighted by Crippen LogP contribution is -2.44. The van der Waals surface area contributed by atoms with Gasteiger partial charge in [-0.15, -0.1) is 0 Å². The zero-order chi connectivity index (χ0) is 71.1. The number of piperazine rings is 1. The summed E-state index contributed by atoms with van der Waals surface area (Å²) in [5, 5.41) is 16.4. The second-order valence-corrected chi connectivity index (χ2v) is 24.6. The van der Waals surface area contributed by atoms with Gasteiger partial charge in [-0.1, -0.05) is 0 Å². The van der Waals surface area contributed by atoms with Gasteiger partial charge in [0.15, 0.2) is 0 Å². The second kappa shape index (κ2) is 33.0. The number of hydrogen-bond acceptors (Lipinski definition) is 22. The lowest BCUT2D eigenvalue weighted by Gasteiger charge is -2.30. The summed E-state index contributed by atoms with van der Waals surface area (Å²) in [5.74, 6) is 5.21. The Kier molecular flexibility index (Phi) is 22.7. The molecule has 14 rings (SSSR count). The second-order valence-electron chi connectivity index (χ2n) is 24.6. The van der Waals surface area contributed by atoms with E-state index in [1.54, 1.807) is 83.0 Å². The third kappa shape index (κ3) is 17.1. The monoisotopic (exact) mass is 1370 g/mol. The first-order valence-electron chi connectivity index (χ1n) is 33.7. The number of rotatable bonds is 25. The molecule has 0 atom stereocenters. The highest BCUT2D eigenvalue weighted by atomic mass is 16.5. The number of nitrogens with zero attached hydrogens (tertiary/aromatic N) is 17. The number of benzene rings is 6. The molecule has 0 unspecified atom stereocenters. The van der Waals surface area contributed by atoms with E-state index >= 15 is 0 Å². The van der Waals surface area contributed by atoms with E-state index in [0.29, 0.717) is 24.6 Å². The Morgan fingerprint density at radius 3 is 1.23 bits per heavy atom. The molecule has 1 fully saturated rings. The third-order valence-corrected chi connectivity index (χ3v) is 17.4. The number of aryl methyl sites for hydroxylation is 2. The number of aromatic amines is 1. The van der Waals surface area contributed by atoms with Crippen molar-refractivity contribution in [1.82, 2.24) is 79.4 Å². The maximum Gasteiger partial charge on any atom is 0.126 e. The quantitative estimate of drug-likeness (QED) is 0.0480. The summed E-state index contributed by atoms with van der Waals surface area (Å²) in [6.07, 6.45) is 22.1. The number of hydrogen-bond donors (Lipinski definition) is 3. The lowest BCUT2D eigenvalue weighted by molar-refractivity contribution is 0.240. The van der Waals surface area contributed by atoms with Gasteiger partial charge in [0.2, 0.25) is 0 Å². The summed E-state index contributed by atoms with van der Waals surface area (Å²) in [6.45, 7) is 12.2. The highest BCUT2D eigenvalue weighted by Crippen LogP contribution is 2.39. The molecular formula is C76H86N20O6. The van der Waals surface area contributed by atoms with E-state index in [1.165, 1.54) is 0 Å². The van der Waals surface area contributed by atoms with Crippen molar-refractivity contribution in [2.75, 3.05) is 110 Å². The number of ether oxygens (including phenoxy) is 6. The molecular weight excluding hydrogens is 1290 g/mol. The molecule has 1 aliphatic heterocycles. The van der Waals surface area contributed by atoms with Crippen molar-refractivity contribution >= 4 is 67.2 Å². The average molecular weight is 1380 g/mol. The van der Waals surface area contributed by atoms with Gasteiger partial charge in [-0.25, -0.2) is 19.9 Å². The van der Waals surface area contributed by atoms with E-state index in [-0.39, 0.29) is 6.04 Å². The van der Waals surface area contributed by atoms with E-state index in [2.05, 4.69) is 115 Å². The van der Waals surface area contributed by atoms with Crippen molar-refractivity contribution in [3.8, 4) is 68.3 Å². The summed E-state index contributed by atoms with van der Waals surface area (Å²) in [6, 6.07) is 36.3. The standard InChI is InChI=1S/C27H33N7O2.C25H30N6O2.C24H23N7O2/c1-32-19-20(17-30-32)27-18-29-25-6-5-21(15-26(25)31-27)34(10-4-9-33-11-7-28-8-12-33)22-13-23(35-2)16-24(14-22)36-3;1-17(2)31-16-18(14-28-31)25-15-27-23-7-6-19(12-24(23)29-25)30(9-5-8-26)20-10-21(32-3)13-22(11-20)33-4;1-30-14-16(12-28-30)23-13-27-21-5-4-17(10-22(21)29-23)31(15-24-25-6-7-26-24)18-8-19(32-2)11-20(9-18)33-3/h5-6,13-19,28H,4,7-12H2,1-3H3;6-7,10-17H,5,8-9,26H2,1-4H3;4-14H,15H2,1-3H3,(H,25,26). The van der Waals surface area contributed by atoms with Crippen LogP contribution >= 0.6 is 0 Å². The minimum atomic E-state index is 0.287. The SMILES string of the molecule is COc1cc(OC)cc(N(CCCN)c2ccc3ncc(-c4cnn(C(C)C)c4)nc3c2)c1.COc1cc(OC)cc(N(CCCN2CCNCC2)c2ccc3ncc(-c4cnn(C)c4)nc3c2)c1.COc1cc(OC)cc(N(Cc2ncc[nH]2)c2ccc3ncc(-c4cnn(C)c4)nc3c2)c1. The summed E-state index contributed by atoms with van der Waals surface area (Å²) < 4.78 is 38.5. The van der Waals surface area contributed by atoms with Crippen LogP contribution in [0.5, 0.6) is 34.5 Å². The highest BCUT2D eigenvalue weighted by molar-refractivity contribution is 5.86. The van der Waals surface area contributed by atoms with Gasteiger partial charge in [-0.2, -0.15) is 15.3 Å². The van der Waals surface area contributed by atoms with Crippen molar-refractivity contribution < 1.29 is 28.4 Å². The number of anilines is 6. The largest absolute Gasteiger partial charge is 0.497 e. The maximum atomic E-state index is 5.84. The van der Waals surface area contributed by atoms with Crippen molar-refractivity contribution in [3.05, 3.63) is 183 Å².